The number of ether oxygens (including phenoxy) is 2. The van der Waals surface area contributed by atoms with E-state index >= 15 is 0 Å². The maximum atomic E-state index is 5.82. The standard InChI is InChI=1S/C18H25BrN2O2/c19-16-10-13(11-17-18(16)23-9-1-8-22-17)12-20-14-4-6-21(7-5-14)15-2-3-15/h10-11,14-15,20H,1-9,12H2. The van der Waals surface area contributed by atoms with Crippen LogP contribution in [0.25, 0.3) is 0 Å². The summed E-state index contributed by atoms with van der Waals surface area (Å²) in [6, 6.07) is 5.82. The molecule has 1 aliphatic carbocycles. The molecular formula is C18H25BrN2O2. The zero-order valence-corrected chi connectivity index (χ0v) is 15.1. The van der Waals surface area contributed by atoms with Crippen molar-refractivity contribution in [1.82, 2.24) is 10.2 Å². The van der Waals surface area contributed by atoms with Crippen LogP contribution >= 0.6 is 15.9 Å². The van der Waals surface area contributed by atoms with Crippen molar-refractivity contribution in [3.05, 3.63) is 22.2 Å². The topological polar surface area (TPSA) is 33.7 Å². The molecule has 1 aromatic carbocycles. The average molecular weight is 381 g/mol. The minimum absolute atomic E-state index is 0.639. The van der Waals surface area contributed by atoms with Crippen LogP contribution in [0.5, 0.6) is 11.5 Å². The van der Waals surface area contributed by atoms with E-state index in [1.807, 2.05) is 0 Å². The molecule has 2 heterocycles. The molecule has 23 heavy (non-hydrogen) atoms. The second-order valence-corrected chi connectivity index (χ2v) is 7.73. The first-order valence-corrected chi connectivity index (χ1v) is 9.64. The average Bonchev–Trinajstić information content (AvgIpc) is 3.40. The van der Waals surface area contributed by atoms with Gasteiger partial charge in [-0.2, -0.15) is 0 Å². The molecule has 0 radical (unpaired) electrons. The van der Waals surface area contributed by atoms with Crippen molar-refractivity contribution in [3.8, 4) is 11.5 Å². The van der Waals surface area contributed by atoms with Gasteiger partial charge in [-0.3, -0.25) is 0 Å². The summed E-state index contributed by atoms with van der Waals surface area (Å²) < 4.78 is 12.6. The fourth-order valence-electron chi connectivity index (χ4n) is 3.56. The van der Waals surface area contributed by atoms with E-state index < -0.39 is 0 Å². The van der Waals surface area contributed by atoms with Gasteiger partial charge >= 0.3 is 0 Å². The van der Waals surface area contributed by atoms with Gasteiger partial charge in [0.25, 0.3) is 0 Å². The highest BCUT2D eigenvalue weighted by molar-refractivity contribution is 9.10. The van der Waals surface area contributed by atoms with Crippen molar-refractivity contribution in [3.63, 3.8) is 0 Å². The molecule has 4 nitrogen and oxygen atoms in total. The quantitative estimate of drug-likeness (QED) is 0.868. The van der Waals surface area contributed by atoms with Crippen LogP contribution in [0.1, 0.15) is 37.7 Å². The van der Waals surface area contributed by atoms with E-state index in [-0.39, 0.29) is 0 Å². The maximum absolute atomic E-state index is 5.82. The normalized spacial score (nSPS) is 22.8. The van der Waals surface area contributed by atoms with Crippen LogP contribution in [-0.2, 0) is 6.54 Å². The molecule has 0 atom stereocenters. The molecule has 0 bridgehead atoms. The minimum atomic E-state index is 0.639. The lowest BCUT2D eigenvalue weighted by Crippen LogP contribution is -2.43. The maximum Gasteiger partial charge on any atom is 0.175 e. The van der Waals surface area contributed by atoms with Crippen LogP contribution in [0.2, 0.25) is 0 Å². The summed E-state index contributed by atoms with van der Waals surface area (Å²) in [4.78, 5) is 2.67. The fraction of sp³-hybridized carbons (Fsp3) is 0.667. The lowest BCUT2D eigenvalue weighted by molar-refractivity contribution is 0.189. The summed E-state index contributed by atoms with van der Waals surface area (Å²) in [6.07, 6.45) is 6.31. The molecule has 4 rings (SSSR count). The van der Waals surface area contributed by atoms with Gasteiger partial charge in [-0.1, -0.05) is 0 Å². The molecule has 0 aromatic heterocycles. The molecule has 1 aromatic rings. The Morgan fingerprint density at radius 1 is 1.09 bits per heavy atom. The first-order valence-electron chi connectivity index (χ1n) is 8.85. The Balaban J connectivity index is 1.34. The first-order chi connectivity index (χ1) is 11.3. The van der Waals surface area contributed by atoms with E-state index in [1.54, 1.807) is 0 Å². The van der Waals surface area contributed by atoms with Gasteiger partial charge in [0.15, 0.2) is 11.5 Å². The number of halogens is 1. The molecule has 2 fully saturated rings. The third kappa shape index (κ3) is 3.83. The Morgan fingerprint density at radius 2 is 1.87 bits per heavy atom. The van der Waals surface area contributed by atoms with Gasteiger partial charge < -0.3 is 19.7 Å². The summed E-state index contributed by atoms with van der Waals surface area (Å²) in [5.41, 5.74) is 1.26. The van der Waals surface area contributed by atoms with Gasteiger partial charge in [0.2, 0.25) is 0 Å². The summed E-state index contributed by atoms with van der Waals surface area (Å²) in [5, 5.41) is 3.72. The Morgan fingerprint density at radius 3 is 2.65 bits per heavy atom. The summed E-state index contributed by atoms with van der Waals surface area (Å²) in [6.45, 7) is 4.86. The Hall–Kier alpha value is -0.780. The summed E-state index contributed by atoms with van der Waals surface area (Å²) >= 11 is 3.62. The third-order valence-corrected chi connectivity index (χ3v) is 5.64. The zero-order chi connectivity index (χ0) is 15.6. The highest BCUT2D eigenvalue weighted by Gasteiger charge is 2.31. The number of hydrogen-bond donors (Lipinski definition) is 1. The third-order valence-electron chi connectivity index (χ3n) is 5.05. The van der Waals surface area contributed by atoms with Crippen LogP contribution < -0.4 is 14.8 Å². The lowest BCUT2D eigenvalue weighted by atomic mass is 10.0. The second kappa shape index (κ2) is 6.99. The predicted octanol–water partition coefficient (Wildman–Crippen LogP) is 3.33. The number of likely N-dealkylation sites (tertiary alicyclic amines) is 1. The molecule has 3 aliphatic rings. The van der Waals surface area contributed by atoms with Crippen LogP contribution in [-0.4, -0.2) is 43.3 Å². The van der Waals surface area contributed by atoms with Gasteiger partial charge in [0.05, 0.1) is 17.7 Å². The van der Waals surface area contributed by atoms with Crippen molar-refractivity contribution in [2.75, 3.05) is 26.3 Å². The largest absolute Gasteiger partial charge is 0.490 e. The van der Waals surface area contributed by atoms with Gasteiger partial charge in [-0.05, 0) is 72.4 Å². The van der Waals surface area contributed by atoms with Crippen molar-refractivity contribution in [2.45, 2.75) is 50.7 Å². The minimum Gasteiger partial charge on any atom is -0.490 e. The number of nitrogens with zero attached hydrogens (tertiary/aromatic N) is 1. The van der Waals surface area contributed by atoms with E-state index in [0.29, 0.717) is 6.04 Å². The predicted molar refractivity (Wildman–Crippen MR) is 94.2 cm³/mol. The van der Waals surface area contributed by atoms with E-state index in [0.717, 1.165) is 48.2 Å². The number of benzene rings is 1. The van der Waals surface area contributed by atoms with Crippen LogP contribution in [0, 0.1) is 0 Å². The molecule has 1 N–H and O–H groups in total. The van der Waals surface area contributed by atoms with Crippen molar-refractivity contribution >= 4 is 15.9 Å². The van der Waals surface area contributed by atoms with E-state index in [1.165, 1.54) is 44.3 Å². The number of piperidine rings is 1. The molecule has 0 unspecified atom stereocenters. The van der Waals surface area contributed by atoms with Crippen LogP contribution in [0.15, 0.2) is 16.6 Å². The Kier molecular flexibility index (Phi) is 4.78. The molecule has 2 aliphatic heterocycles. The van der Waals surface area contributed by atoms with Gasteiger partial charge in [-0.25, -0.2) is 0 Å². The number of hydrogen-bond acceptors (Lipinski definition) is 4. The summed E-state index contributed by atoms with van der Waals surface area (Å²) in [5.74, 6) is 1.72. The van der Waals surface area contributed by atoms with Crippen molar-refractivity contribution in [1.29, 1.82) is 0 Å². The fourth-order valence-corrected chi connectivity index (χ4v) is 4.16. The van der Waals surface area contributed by atoms with Gasteiger partial charge in [0, 0.05) is 25.0 Å². The second-order valence-electron chi connectivity index (χ2n) is 6.88. The van der Waals surface area contributed by atoms with Crippen LogP contribution in [0.4, 0.5) is 0 Å². The smallest absolute Gasteiger partial charge is 0.175 e. The SMILES string of the molecule is Brc1cc(CNC2CCN(C3CC3)CC2)cc2c1OCCCO2. The molecular weight excluding hydrogens is 356 g/mol. The molecule has 0 spiro atoms. The Bertz CT molecular complexity index is 554. The number of rotatable bonds is 4. The van der Waals surface area contributed by atoms with Gasteiger partial charge in [-0.15, -0.1) is 0 Å². The lowest BCUT2D eigenvalue weighted by Gasteiger charge is -2.32. The molecule has 1 saturated carbocycles. The molecule has 0 amide bonds. The number of nitrogens with one attached hydrogen (secondary N) is 1. The molecule has 126 valence electrons. The van der Waals surface area contributed by atoms with E-state index in [2.05, 4.69) is 38.3 Å². The number of fused-ring (bicyclic) bond motifs is 1. The van der Waals surface area contributed by atoms with Crippen molar-refractivity contribution in [2.24, 2.45) is 0 Å². The zero-order valence-electron chi connectivity index (χ0n) is 13.5. The summed E-state index contributed by atoms with van der Waals surface area (Å²) in [7, 11) is 0. The van der Waals surface area contributed by atoms with E-state index in [9.17, 15) is 0 Å². The first kappa shape index (κ1) is 15.7. The van der Waals surface area contributed by atoms with Crippen molar-refractivity contribution < 1.29 is 9.47 Å². The molecule has 5 heteroatoms. The van der Waals surface area contributed by atoms with Gasteiger partial charge in [0.1, 0.15) is 0 Å². The van der Waals surface area contributed by atoms with E-state index in [4.69, 9.17) is 9.47 Å². The highest BCUT2D eigenvalue weighted by atomic mass is 79.9. The monoisotopic (exact) mass is 380 g/mol. The Labute approximate surface area is 146 Å². The molecule has 1 saturated heterocycles. The highest BCUT2D eigenvalue weighted by Crippen LogP contribution is 2.38. The van der Waals surface area contributed by atoms with Crippen LogP contribution in [0.3, 0.4) is 0 Å².